The van der Waals surface area contributed by atoms with Gasteiger partial charge in [-0.15, -0.1) is 0 Å². The Hall–Kier alpha value is -1.53. The number of nitrogens with zero attached hydrogens (tertiary/aromatic N) is 1. The van der Waals surface area contributed by atoms with Crippen LogP contribution in [0.3, 0.4) is 0 Å². The summed E-state index contributed by atoms with van der Waals surface area (Å²) in [4.78, 5) is 11.1. The SMILES string of the molecule is Cn1ccc(C#CCN)cc1=O. The molecule has 0 aliphatic heterocycles. The molecule has 3 heteroatoms. The van der Waals surface area contributed by atoms with Gasteiger partial charge >= 0.3 is 0 Å². The first-order valence-electron chi connectivity index (χ1n) is 3.59. The van der Waals surface area contributed by atoms with E-state index in [4.69, 9.17) is 5.73 Å². The van der Waals surface area contributed by atoms with Crippen molar-refractivity contribution in [1.82, 2.24) is 4.57 Å². The van der Waals surface area contributed by atoms with Gasteiger partial charge in [0.2, 0.25) is 0 Å². The molecule has 0 saturated heterocycles. The van der Waals surface area contributed by atoms with Crippen LogP contribution >= 0.6 is 0 Å². The summed E-state index contributed by atoms with van der Waals surface area (Å²) in [6.45, 7) is 0.315. The van der Waals surface area contributed by atoms with Gasteiger partial charge in [-0.3, -0.25) is 4.79 Å². The topological polar surface area (TPSA) is 48.0 Å². The van der Waals surface area contributed by atoms with Gasteiger partial charge in [0.15, 0.2) is 0 Å². The van der Waals surface area contributed by atoms with Crippen LogP contribution in [0.1, 0.15) is 5.56 Å². The van der Waals surface area contributed by atoms with Gasteiger partial charge in [0.1, 0.15) is 0 Å². The van der Waals surface area contributed by atoms with Gasteiger partial charge in [0.05, 0.1) is 6.54 Å². The van der Waals surface area contributed by atoms with E-state index in [9.17, 15) is 4.79 Å². The zero-order chi connectivity index (χ0) is 8.97. The van der Waals surface area contributed by atoms with E-state index in [0.717, 1.165) is 0 Å². The quantitative estimate of drug-likeness (QED) is 0.532. The lowest BCUT2D eigenvalue weighted by molar-refractivity contribution is 0.859. The van der Waals surface area contributed by atoms with Crippen LogP contribution in [0.25, 0.3) is 0 Å². The van der Waals surface area contributed by atoms with E-state index >= 15 is 0 Å². The van der Waals surface area contributed by atoms with E-state index in [0.29, 0.717) is 12.1 Å². The first-order chi connectivity index (χ1) is 5.74. The minimum atomic E-state index is -0.0566. The number of aryl methyl sites for hydroxylation is 1. The molecule has 0 aliphatic carbocycles. The number of aromatic nitrogens is 1. The zero-order valence-corrected chi connectivity index (χ0v) is 6.87. The van der Waals surface area contributed by atoms with Crippen LogP contribution in [0.5, 0.6) is 0 Å². The highest BCUT2D eigenvalue weighted by Crippen LogP contribution is 1.89. The third-order valence-corrected chi connectivity index (χ3v) is 1.44. The standard InChI is InChI=1S/C9H10N2O/c1-11-6-4-8(3-2-5-10)7-9(11)12/h4,6-7H,5,10H2,1H3. The Kier molecular flexibility index (Phi) is 2.67. The smallest absolute Gasteiger partial charge is 0.251 e. The molecule has 0 unspecified atom stereocenters. The molecule has 0 saturated carbocycles. The molecule has 62 valence electrons. The molecule has 1 rings (SSSR count). The summed E-state index contributed by atoms with van der Waals surface area (Å²) in [5, 5.41) is 0. The molecule has 0 spiro atoms. The van der Waals surface area contributed by atoms with E-state index in [1.165, 1.54) is 10.6 Å². The lowest BCUT2D eigenvalue weighted by Crippen LogP contribution is -2.14. The van der Waals surface area contributed by atoms with Crippen LogP contribution in [0.2, 0.25) is 0 Å². The summed E-state index contributed by atoms with van der Waals surface area (Å²) >= 11 is 0. The Labute approximate surface area is 70.8 Å². The first-order valence-corrected chi connectivity index (χ1v) is 3.59. The Morgan fingerprint density at radius 1 is 1.67 bits per heavy atom. The van der Waals surface area contributed by atoms with Crippen LogP contribution < -0.4 is 11.3 Å². The third kappa shape index (κ3) is 1.97. The number of rotatable bonds is 0. The molecule has 0 radical (unpaired) electrons. The van der Waals surface area contributed by atoms with Gasteiger partial charge in [-0.2, -0.15) is 0 Å². The maximum Gasteiger partial charge on any atom is 0.251 e. The van der Waals surface area contributed by atoms with Crippen molar-refractivity contribution in [2.75, 3.05) is 6.54 Å². The van der Waals surface area contributed by atoms with Gasteiger partial charge in [-0.05, 0) is 6.07 Å². The number of pyridine rings is 1. The molecule has 0 amide bonds. The predicted molar refractivity (Wildman–Crippen MR) is 47.6 cm³/mol. The van der Waals surface area contributed by atoms with Crippen molar-refractivity contribution in [3.05, 3.63) is 34.2 Å². The summed E-state index contributed by atoms with van der Waals surface area (Å²) in [7, 11) is 1.70. The summed E-state index contributed by atoms with van der Waals surface area (Å²) in [6.07, 6.45) is 1.68. The molecular weight excluding hydrogens is 152 g/mol. The second kappa shape index (κ2) is 3.74. The van der Waals surface area contributed by atoms with Crippen LogP contribution in [0, 0.1) is 11.8 Å². The van der Waals surface area contributed by atoms with Crippen LogP contribution in [-0.2, 0) is 7.05 Å². The molecule has 0 bridgehead atoms. The van der Waals surface area contributed by atoms with Crippen molar-refractivity contribution in [3.8, 4) is 11.8 Å². The van der Waals surface area contributed by atoms with Crippen molar-refractivity contribution in [1.29, 1.82) is 0 Å². The van der Waals surface area contributed by atoms with Crippen molar-refractivity contribution in [2.24, 2.45) is 12.8 Å². The molecule has 0 atom stereocenters. The summed E-state index contributed by atoms with van der Waals surface area (Å²) in [5.74, 6) is 5.46. The fourth-order valence-corrected chi connectivity index (χ4v) is 0.779. The lowest BCUT2D eigenvalue weighted by Gasteiger charge is -1.94. The molecule has 0 aromatic carbocycles. The zero-order valence-electron chi connectivity index (χ0n) is 6.87. The molecule has 3 nitrogen and oxygen atoms in total. The van der Waals surface area contributed by atoms with Crippen LogP contribution in [-0.4, -0.2) is 11.1 Å². The van der Waals surface area contributed by atoms with Crippen molar-refractivity contribution in [3.63, 3.8) is 0 Å². The largest absolute Gasteiger partial charge is 0.320 e. The van der Waals surface area contributed by atoms with Crippen molar-refractivity contribution in [2.45, 2.75) is 0 Å². The second-order valence-electron chi connectivity index (χ2n) is 2.37. The van der Waals surface area contributed by atoms with E-state index in [2.05, 4.69) is 11.8 Å². The highest BCUT2D eigenvalue weighted by Gasteiger charge is 1.89. The summed E-state index contributed by atoms with van der Waals surface area (Å²) in [6, 6.07) is 3.27. The average Bonchev–Trinajstić information content (AvgIpc) is 2.07. The number of nitrogens with two attached hydrogens (primary N) is 1. The molecule has 2 N–H and O–H groups in total. The third-order valence-electron chi connectivity index (χ3n) is 1.44. The second-order valence-corrected chi connectivity index (χ2v) is 2.37. The average molecular weight is 162 g/mol. The molecule has 1 heterocycles. The van der Waals surface area contributed by atoms with Gasteiger partial charge in [0, 0.05) is 24.9 Å². The maximum atomic E-state index is 11.1. The summed E-state index contributed by atoms with van der Waals surface area (Å²) < 4.78 is 1.49. The minimum Gasteiger partial charge on any atom is -0.320 e. The van der Waals surface area contributed by atoms with Gasteiger partial charge in [-0.25, -0.2) is 0 Å². The molecule has 1 aromatic rings. The molecular formula is C9H10N2O. The van der Waals surface area contributed by atoms with E-state index in [-0.39, 0.29) is 5.56 Å². The van der Waals surface area contributed by atoms with Crippen LogP contribution in [0.4, 0.5) is 0 Å². The van der Waals surface area contributed by atoms with Crippen LogP contribution in [0.15, 0.2) is 23.1 Å². The van der Waals surface area contributed by atoms with E-state index in [1.54, 1.807) is 19.3 Å². The summed E-state index contributed by atoms with van der Waals surface area (Å²) in [5.41, 5.74) is 5.84. The molecule has 12 heavy (non-hydrogen) atoms. The van der Waals surface area contributed by atoms with Gasteiger partial charge < -0.3 is 10.3 Å². The molecule has 1 aromatic heterocycles. The Morgan fingerprint density at radius 3 is 3.00 bits per heavy atom. The molecule has 0 aliphatic rings. The normalized spacial score (nSPS) is 8.83. The highest BCUT2D eigenvalue weighted by atomic mass is 16.1. The maximum absolute atomic E-state index is 11.1. The van der Waals surface area contributed by atoms with Gasteiger partial charge in [-0.1, -0.05) is 11.8 Å². The number of hydrogen-bond acceptors (Lipinski definition) is 2. The highest BCUT2D eigenvalue weighted by molar-refractivity contribution is 5.32. The fourth-order valence-electron chi connectivity index (χ4n) is 0.779. The molecule has 0 fully saturated rings. The van der Waals surface area contributed by atoms with Crippen molar-refractivity contribution >= 4 is 0 Å². The number of hydrogen-bond donors (Lipinski definition) is 1. The van der Waals surface area contributed by atoms with Gasteiger partial charge in [0.25, 0.3) is 5.56 Å². The first kappa shape index (κ1) is 8.57. The Bertz CT molecular complexity index is 381. The monoisotopic (exact) mass is 162 g/mol. The fraction of sp³-hybridized carbons (Fsp3) is 0.222. The predicted octanol–water partition coefficient (Wildman–Crippen LogP) is -0.304. The Morgan fingerprint density at radius 2 is 2.42 bits per heavy atom. The van der Waals surface area contributed by atoms with Crippen molar-refractivity contribution < 1.29 is 0 Å². The Balaban J connectivity index is 3.06. The lowest BCUT2D eigenvalue weighted by atomic mass is 10.3. The van der Waals surface area contributed by atoms with E-state index in [1.807, 2.05) is 0 Å². The minimum absolute atomic E-state index is 0.0566. The van der Waals surface area contributed by atoms with E-state index < -0.39 is 0 Å².